The number of β-lactam (4-membered cyclic amide) rings is 1. The van der Waals surface area contributed by atoms with E-state index in [1.807, 2.05) is 0 Å². The maximum Gasteiger partial charge on any atom is 0.352 e. The van der Waals surface area contributed by atoms with Crippen molar-refractivity contribution in [3.8, 4) is 5.75 Å². The van der Waals surface area contributed by atoms with E-state index in [9.17, 15) is 37.8 Å². The molecule has 4 atom stereocenters. The summed E-state index contributed by atoms with van der Waals surface area (Å²) in [5.41, 5.74) is -0.807. The third kappa shape index (κ3) is 7.64. The molecule has 2 aliphatic heterocycles. The number of hydrogen-bond acceptors (Lipinski definition) is 13. The van der Waals surface area contributed by atoms with Crippen LogP contribution in [-0.4, -0.2) is 102 Å². The number of amides is 2. The van der Waals surface area contributed by atoms with Gasteiger partial charge in [0, 0.05) is 11.0 Å². The lowest BCUT2D eigenvalue weighted by Gasteiger charge is -2.50. The number of nitrogens with zero attached hydrogens (tertiary/aromatic N) is 4. The van der Waals surface area contributed by atoms with E-state index in [1.54, 1.807) is 20.8 Å². The number of H-pyrrole nitrogens is 1. The Bertz CT molecular complexity index is 1540. The second kappa shape index (κ2) is 12.5. The number of aromatic nitrogens is 4. The highest BCUT2D eigenvalue weighted by molar-refractivity contribution is 8.01. The highest BCUT2D eigenvalue weighted by Crippen LogP contribution is 2.44. The van der Waals surface area contributed by atoms with Crippen LogP contribution in [0.15, 0.2) is 40.7 Å². The van der Waals surface area contributed by atoms with Crippen molar-refractivity contribution in [2.75, 3.05) is 11.5 Å². The lowest BCUT2D eigenvalue weighted by Crippen LogP contribution is -2.71. The number of phenolic OH excluding ortho intramolecular Hbond substituents is 1. The van der Waals surface area contributed by atoms with E-state index in [0.717, 1.165) is 28.4 Å². The molecule has 4 rings (SSSR count). The average Bonchev–Trinajstić information content (AvgIpc) is 3.41. The van der Waals surface area contributed by atoms with Gasteiger partial charge in [0.2, 0.25) is 21.1 Å². The number of esters is 1. The van der Waals surface area contributed by atoms with Gasteiger partial charge in [-0.1, -0.05) is 23.9 Å². The number of nitrogens with one attached hydrogen (secondary N) is 2. The predicted molar refractivity (Wildman–Crippen MR) is 153 cm³/mol. The fourth-order valence-electron chi connectivity index (χ4n) is 4.45. The van der Waals surface area contributed by atoms with Crippen molar-refractivity contribution in [3.05, 3.63) is 41.1 Å². The molecule has 0 aliphatic carbocycles. The van der Waals surface area contributed by atoms with Crippen LogP contribution in [0.5, 0.6) is 5.75 Å². The molecule has 19 heteroatoms. The minimum Gasteiger partial charge on any atom is -0.508 e. The summed E-state index contributed by atoms with van der Waals surface area (Å²) in [6, 6.07) is 4.21. The third-order valence-electron chi connectivity index (χ3n) is 6.26. The van der Waals surface area contributed by atoms with Crippen LogP contribution in [-0.2, 0) is 33.9 Å². The standard InChI is InChI=1S/C24H29N7O9S3/c1-24(2,3)40-22(37)15(11-4-6-12(32)7-5-11)18(33)26-16-19(34)31-17(21(35)36)13(10-41-20(16)31)14(8-9-43(25,38)39)42-23-27-29-30-28-23/h4-7,14-16,20,32H,8-10H2,1-3H3,(H,26,33)(H,35,36)(H2,25,38,39)(H,27,28,29,30)/t14?,15?,16?,20-/m0/s1. The zero-order chi connectivity index (χ0) is 31.7. The second-order valence-corrected chi connectivity index (χ2v) is 14.6. The lowest BCUT2D eigenvalue weighted by molar-refractivity contribution is -0.160. The summed E-state index contributed by atoms with van der Waals surface area (Å²) in [5.74, 6) is -5.84. The van der Waals surface area contributed by atoms with Crippen LogP contribution in [0.1, 0.15) is 38.7 Å². The number of carbonyl (C=O) groups is 4. The number of phenols is 1. The molecule has 1 fully saturated rings. The molecular weight excluding hydrogens is 627 g/mol. The summed E-state index contributed by atoms with van der Waals surface area (Å²) in [5, 5.41) is 39.5. The monoisotopic (exact) mass is 655 g/mol. The van der Waals surface area contributed by atoms with E-state index < -0.39 is 67.7 Å². The van der Waals surface area contributed by atoms with Crippen molar-refractivity contribution in [2.45, 2.75) is 60.5 Å². The van der Waals surface area contributed by atoms with Crippen molar-refractivity contribution in [2.24, 2.45) is 5.14 Å². The number of tetrazole rings is 1. The number of thioether (sulfide) groups is 2. The molecule has 232 valence electrons. The summed E-state index contributed by atoms with van der Waals surface area (Å²) in [6.07, 6.45) is -0.0955. The van der Waals surface area contributed by atoms with Gasteiger partial charge in [-0.2, -0.15) is 5.21 Å². The number of nitrogens with two attached hydrogens (primary N) is 1. The molecule has 2 amide bonds. The minimum absolute atomic E-state index is 0.0655. The molecule has 16 nitrogen and oxygen atoms in total. The summed E-state index contributed by atoms with van der Waals surface area (Å²) in [6.45, 7) is 4.90. The topological polar surface area (TPSA) is 248 Å². The van der Waals surface area contributed by atoms with E-state index in [0.29, 0.717) is 0 Å². The van der Waals surface area contributed by atoms with Gasteiger partial charge >= 0.3 is 11.9 Å². The zero-order valence-electron chi connectivity index (χ0n) is 23.1. The summed E-state index contributed by atoms with van der Waals surface area (Å²) >= 11 is 2.13. The Morgan fingerprint density at radius 3 is 2.51 bits per heavy atom. The quantitative estimate of drug-likeness (QED) is 0.0919. The van der Waals surface area contributed by atoms with Crippen LogP contribution < -0.4 is 10.5 Å². The molecule has 43 heavy (non-hydrogen) atoms. The molecule has 1 saturated heterocycles. The molecule has 0 radical (unpaired) electrons. The number of sulfonamides is 1. The number of benzene rings is 1. The summed E-state index contributed by atoms with van der Waals surface area (Å²) in [4.78, 5) is 53.3. The number of aromatic amines is 1. The van der Waals surface area contributed by atoms with Crippen molar-refractivity contribution in [1.82, 2.24) is 30.8 Å². The normalized spacial score (nSPS) is 20.1. The van der Waals surface area contributed by atoms with Crippen molar-refractivity contribution in [1.29, 1.82) is 0 Å². The van der Waals surface area contributed by atoms with Gasteiger partial charge in [0.25, 0.3) is 5.91 Å². The molecule has 0 bridgehead atoms. The Morgan fingerprint density at radius 1 is 1.28 bits per heavy atom. The van der Waals surface area contributed by atoms with Crippen LogP contribution >= 0.6 is 23.5 Å². The highest BCUT2D eigenvalue weighted by Gasteiger charge is 2.55. The van der Waals surface area contributed by atoms with E-state index in [1.165, 1.54) is 24.3 Å². The van der Waals surface area contributed by atoms with Gasteiger partial charge < -0.3 is 20.3 Å². The smallest absolute Gasteiger partial charge is 0.352 e. The number of rotatable bonds is 11. The number of hydrogen-bond donors (Lipinski definition) is 5. The zero-order valence-corrected chi connectivity index (χ0v) is 25.5. The van der Waals surface area contributed by atoms with Gasteiger partial charge in [0.15, 0.2) is 5.92 Å². The van der Waals surface area contributed by atoms with Crippen LogP contribution in [0, 0.1) is 0 Å². The molecular formula is C24H29N7O9S3. The average molecular weight is 656 g/mol. The summed E-state index contributed by atoms with van der Waals surface area (Å²) in [7, 11) is -3.90. The van der Waals surface area contributed by atoms with Gasteiger partial charge in [-0.05, 0) is 55.7 Å². The molecule has 3 heterocycles. The lowest BCUT2D eigenvalue weighted by atomic mass is 9.95. The first-order valence-electron chi connectivity index (χ1n) is 12.7. The fraction of sp³-hybridized carbons (Fsp3) is 0.458. The Balaban J connectivity index is 1.60. The van der Waals surface area contributed by atoms with Crippen molar-refractivity contribution in [3.63, 3.8) is 0 Å². The predicted octanol–water partition coefficient (Wildman–Crippen LogP) is -0.0913. The number of aliphatic carboxylic acids is 1. The van der Waals surface area contributed by atoms with Gasteiger partial charge in [-0.15, -0.1) is 22.0 Å². The SMILES string of the molecule is CC(C)(C)OC(=O)C(C(=O)NC1C(=O)N2C(C(=O)O)=C(C(CCS(N)(=O)=O)Sc3nn[nH]n3)CS[C@@H]12)c1ccc(O)cc1. The van der Waals surface area contributed by atoms with E-state index in [-0.39, 0.29) is 39.9 Å². The Kier molecular flexibility index (Phi) is 9.38. The van der Waals surface area contributed by atoms with Gasteiger partial charge in [0.05, 0.1) is 5.75 Å². The molecule has 1 aromatic carbocycles. The first kappa shape index (κ1) is 32.2. The van der Waals surface area contributed by atoms with E-state index >= 15 is 0 Å². The molecule has 2 aliphatic rings. The third-order valence-corrected chi connectivity index (χ3v) is 9.55. The Morgan fingerprint density at radius 2 is 1.95 bits per heavy atom. The molecule has 0 saturated carbocycles. The molecule has 2 aromatic rings. The maximum atomic E-state index is 13.4. The number of primary sulfonamides is 1. The molecule has 3 unspecified atom stereocenters. The van der Waals surface area contributed by atoms with E-state index in [4.69, 9.17) is 9.88 Å². The fourth-order valence-corrected chi connectivity index (χ4v) is 7.70. The van der Waals surface area contributed by atoms with Crippen LogP contribution in [0.2, 0.25) is 0 Å². The number of ether oxygens (including phenoxy) is 1. The molecule has 0 spiro atoms. The largest absolute Gasteiger partial charge is 0.508 e. The number of carboxylic acid groups (broad SMARTS) is 1. The summed E-state index contributed by atoms with van der Waals surface area (Å²) < 4.78 is 28.8. The number of carboxylic acids is 1. The van der Waals surface area contributed by atoms with Crippen molar-refractivity contribution < 1.29 is 42.5 Å². The molecule has 1 aromatic heterocycles. The Hall–Kier alpha value is -3.68. The second-order valence-electron chi connectivity index (χ2n) is 10.6. The first-order valence-corrected chi connectivity index (χ1v) is 16.3. The van der Waals surface area contributed by atoms with E-state index in [2.05, 4.69) is 25.9 Å². The Labute approximate surface area is 254 Å². The minimum atomic E-state index is -3.90. The highest BCUT2D eigenvalue weighted by atomic mass is 32.2. The number of aromatic hydroxyl groups is 1. The number of carbonyl (C=O) groups excluding carboxylic acids is 3. The van der Waals surface area contributed by atoms with Gasteiger partial charge in [0.1, 0.15) is 28.5 Å². The maximum absolute atomic E-state index is 13.4. The van der Waals surface area contributed by atoms with Crippen LogP contribution in [0.25, 0.3) is 0 Å². The van der Waals surface area contributed by atoms with Crippen LogP contribution in [0.3, 0.4) is 0 Å². The van der Waals surface area contributed by atoms with Crippen molar-refractivity contribution >= 4 is 57.3 Å². The van der Waals surface area contributed by atoms with Gasteiger partial charge in [-0.3, -0.25) is 19.3 Å². The number of fused-ring (bicyclic) bond motifs is 1. The first-order chi connectivity index (χ1) is 20.1. The van der Waals surface area contributed by atoms with Gasteiger partial charge in [-0.25, -0.2) is 18.4 Å². The molecule has 6 N–H and O–H groups in total. The van der Waals surface area contributed by atoms with Crippen LogP contribution in [0.4, 0.5) is 0 Å².